The fourth-order valence-corrected chi connectivity index (χ4v) is 2.05. The molecule has 0 aromatic carbocycles. The molecule has 3 heteroatoms. The van der Waals surface area contributed by atoms with E-state index in [4.69, 9.17) is 0 Å². The topological polar surface area (TPSA) is 24.9 Å². The second-order valence-electron chi connectivity index (χ2n) is 3.62. The molecule has 0 aliphatic heterocycles. The summed E-state index contributed by atoms with van der Waals surface area (Å²) in [4.78, 5) is 4.25. The van der Waals surface area contributed by atoms with E-state index >= 15 is 0 Å². The second-order valence-corrected chi connectivity index (χ2v) is 4.34. The van der Waals surface area contributed by atoms with Crippen LogP contribution in [0.1, 0.15) is 32.4 Å². The number of nitrogens with zero attached hydrogens (tertiary/aromatic N) is 1. The largest absolute Gasteiger partial charge is 0.316 e. The van der Waals surface area contributed by atoms with Crippen LogP contribution in [0.25, 0.3) is 0 Å². The van der Waals surface area contributed by atoms with Crippen molar-refractivity contribution in [2.24, 2.45) is 5.92 Å². The Morgan fingerprint density at radius 1 is 1.43 bits per heavy atom. The van der Waals surface area contributed by atoms with Crippen LogP contribution in [0.3, 0.4) is 0 Å². The Labute approximate surface area is 90.8 Å². The van der Waals surface area contributed by atoms with Crippen molar-refractivity contribution in [1.82, 2.24) is 10.3 Å². The molecule has 1 N–H and O–H groups in total. The van der Waals surface area contributed by atoms with Gasteiger partial charge in [-0.25, -0.2) is 4.98 Å². The van der Waals surface area contributed by atoms with Gasteiger partial charge >= 0.3 is 0 Å². The van der Waals surface area contributed by atoms with Gasteiger partial charge in [0.25, 0.3) is 0 Å². The predicted molar refractivity (Wildman–Crippen MR) is 62.8 cm³/mol. The van der Waals surface area contributed by atoms with E-state index in [1.165, 1.54) is 18.5 Å². The van der Waals surface area contributed by atoms with Crippen molar-refractivity contribution in [1.29, 1.82) is 0 Å². The summed E-state index contributed by atoms with van der Waals surface area (Å²) in [7, 11) is 0. The van der Waals surface area contributed by atoms with E-state index in [0.29, 0.717) is 0 Å². The number of nitrogens with one attached hydrogen (secondary N) is 1. The molecule has 1 heterocycles. The Bertz CT molecular complexity index is 217. The molecule has 0 saturated carbocycles. The highest BCUT2D eigenvalue weighted by Gasteiger charge is 2.02. The van der Waals surface area contributed by atoms with Crippen LogP contribution in [0.4, 0.5) is 0 Å². The van der Waals surface area contributed by atoms with E-state index in [0.717, 1.165) is 25.4 Å². The van der Waals surface area contributed by atoms with Gasteiger partial charge in [-0.2, -0.15) is 0 Å². The molecule has 0 bridgehead atoms. The third-order valence-corrected chi connectivity index (χ3v) is 3.26. The summed E-state index contributed by atoms with van der Waals surface area (Å²) >= 11 is 1.67. The van der Waals surface area contributed by atoms with Crippen molar-refractivity contribution >= 4 is 11.3 Å². The molecule has 0 aliphatic carbocycles. The van der Waals surface area contributed by atoms with Gasteiger partial charge in [-0.1, -0.05) is 26.7 Å². The maximum atomic E-state index is 4.25. The standard InChI is InChI=1S/C11H20N2S/c1-3-10(4-2)7-12-6-5-11-8-14-9-13-11/h8-10,12H,3-7H2,1-2H3. The first-order valence-electron chi connectivity index (χ1n) is 5.44. The van der Waals surface area contributed by atoms with E-state index in [2.05, 4.69) is 29.5 Å². The Morgan fingerprint density at radius 2 is 2.21 bits per heavy atom. The zero-order valence-electron chi connectivity index (χ0n) is 9.12. The highest BCUT2D eigenvalue weighted by molar-refractivity contribution is 7.07. The van der Waals surface area contributed by atoms with Gasteiger partial charge in [0.15, 0.2) is 0 Å². The van der Waals surface area contributed by atoms with Gasteiger partial charge in [-0.3, -0.25) is 0 Å². The Morgan fingerprint density at radius 3 is 2.79 bits per heavy atom. The predicted octanol–water partition coefficient (Wildman–Crippen LogP) is 2.71. The highest BCUT2D eigenvalue weighted by atomic mass is 32.1. The summed E-state index contributed by atoms with van der Waals surface area (Å²) in [5.41, 5.74) is 3.11. The van der Waals surface area contributed by atoms with Gasteiger partial charge in [0.05, 0.1) is 11.2 Å². The van der Waals surface area contributed by atoms with E-state index in [1.54, 1.807) is 11.3 Å². The summed E-state index contributed by atoms with van der Waals surface area (Å²) in [6.07, 6.45) is 3.62. The average molecular weight is 212 g/mol. The van der Waals surface area contributed by atoms with Crippen LogP contribution in [0.15, 0.2) is 10.9 Å². The molecule has 1 aromatic heterocycles. The van der Waals surface area contributed by atoms with Gasteiger partial charge in [0.1, 0.15) is 0 Å². The average Bonchev–Trinajstić information content (AvgIpc) is 2.71. The molecule has 0 atom stereocenters. The third-order valence-electron chi connectivity index (χ3n) is 2.63. The maximum absolute atomic E-state index is 4.25. The summed E-state index contributed by atoms with van der Waals surface area (Å²) in [5.74, 6) is 0.838. The van der Waals surface area contributed by atoms with Gasteiger partial charge in [-0.15, -0.1) is 11.3 Å². The van der Waals surface area contributed by atoms with Crippen molar-refractivity contribution in [2.75, 3.05) is 13.1 Å². The van der Waals surface area contributed by atoms with Crippen molar-refractivity contribution < 1.29 is 0 Å². The first-order chi connectivity index (χ1) is 6.86. The summed E-state index contributed by atoms with van der Waals surface area (Å²) in [6, 6.07) is 0. The minimum Gasteiger partial charge on any atom is -0.316 e. The molecule has 0 saturated heterocycles. The minimum absolute atomic E-state index is 0.838. The van der Waals surface area contributed by atoms with E-state index in [-0.39, 0.29) is 0 Å². The molecular formula is C11H20N2S. The quantitative estimate of drug-likeness (QED) is 0.703. The van der Waals surface area contributed by atoms with E-state index in [9.17, 15) is 0 Å². The van der Waals surface area contributed by atoms with Crippen LogP contribution in [0, 0.1) is 5.92 Å². The molecule has 80 valence electrons. The molecule has 0 spiro atoms. The monoisotopic (exact) mass is 212 g/mol. The molecule has 2 nitrogen and oxygen atoms in total. The van der Waals surface area contributed by atoms with Crippen molar-refractivity contribution in [3.8, 4) is 0 Å². The number of hydrogen-bond donors (Lipinski definition) is 1. The van der Waals surface area contributed by atoms with Crippen molar-refractivity contribution in [3.63, 3.8) is 0 Å². The summed E-state index contributed by atoms with van der Waals surface area (Å²) in [5, 5.41) is 5.61. The zero-order valence-corrected chi connectivity index (χ0v) is 9.94. The molecule has 0 fully saturated rings. The molecule has 1 aromatic rings. The zero-order chi connectivity index (χ0) is 10.2. The van der Waals surface area contributed by atoms with Crippen molar-refractivity contribution in [2.45, 2.75) is 33.1 Å². The molecule has 1 rings (SSSR count). The van der Waals surface area contributed by atoms with Gasteiger partial charge in [-0.05, 0) is 12.5 Å². The van der Waals surface area contributed by atoms with Gasteiger partial charge in [0.2, 0.25) is 0 Å². The lowest BCUT2D eigenvalue weighted by Crippen LogP contribution is -2.24. The van der Waals surface area contributed by atoms with E-state index < -0.39 is 0 Å². The Kier molecular flexibility index (Phi) is 5.80. The smallest absolute Gasteiger partial charge is 0.0794 e. The van der Waals surface area contributed by atoms with Crippen LogP contribution < -0.4 is 5.32 Å². The summed E-state index contributed by atoms with van der Waals surface area (Å²) in [6.45, 7) is 6.73. The van der Waals surface area contributed by atoms with Crippen LogP contribution in [0.5, 0.6) is 0 Å². The normalized spacial score (nSPS) is 11.1. The first-order valence-corrected chi connectivity index (χ1v) is 6.38. The van der Waals surface area contributed by atoms with Crippen molar-refractivity contribution in [3.05, 3.63) is 16.6 Å². The number of rotatable bonds is 7. The maximum Gasteiger partial charge on any atom is 0.0794 e. The fraction of sp³-hybridized carbons (Fsp3) is 0.727. The molecular weight excluding hydrogens is 192 g/mol. The minimum atomic E-state index is 0.838. The van der Waals surface area contributed by atoms with E-state index in [1.807, 2.05) is 5.51 Å². The van der Waals surface area contributed by atoms with Crippen LogP contribution >= 0.6 is 11.3 Å². The molecule has 0 amide bonds. The molecule has 14 heavy (non-hydrogen) atoms. The molecule has 0 aliphatic rings. The number of hydrogen-bond acceptors (Lipinski definition) is 3. The van der Waals surface area contributed by atoms with Crippen LogP contribution in [-0.2, 0) is 6.42 Å². The number of thiazole rings is 1. The Hall–Kier alpha value is -0.410. The highest BCUT2D eigenvalue weighted by Crippen LogP contribution is 2.05. The fourth-order valence-electron chi connectivity index (χ4n) is 1.46. The van der Waals surface area contributed by atoms with Gasteiger partial charge < -0.3 is 5.32 Å². The lowest BCUT2D eigenvalue weighted by molar-refractivity contribution is 0.451. The van der Waals surface area contributed by atoms with Crippen LogP contribution in [0.2, 0.25) is 0 Å². The molecule has 0 radical (unpaired) electrons. The molecule has 0 unspecified atom stereocenters. The number of aromatic nitrogens is 1. The van der Waals surface area contributed by atoms with Gasteiger partial charge in [0, 0.05) is 18.3 Å². The third kappa shape index (κ3) is 4.20. The summed E-state index contributed by atoms with van der Waals surface area (Å²) < 4.78 is 0. The second kappa shape index (κ2) is 6.96. The Balaban J connectivity index is 2.04. The van der Waals surface area contributed by atoms with Crippen LogP contribution in [-0.4, -0.2) is 18.1 Å². The lowest BCUT2D eigenvalue weighted by atomic mass is 10.0. The first kappa shape index (κ1) is 11.7. The lowest BCUT2D eigenvalue weighted by Gasteiger charge is -2.12. The SMILES string of the molecule is CCC(CC)CNCCc1cscn1.